The number of hydrogen-bond acceptors (Lipinski definition) is 3. The molecule has 0 saturated heterocycles. The fourth-order valence-corrected chi connectivity index (χ4v) is 1.20. The molecule has 0 aromatic heterocycles. The van der Waals surface area contributed by atoms with Crippen molar-refractivity contribution in [3.05, 3.63) is 41.2 Å². The highest BCUT2D eigenvalue weighted by Crippen LogP contribution is 2.12. The molecule has 1 aromatic rings. The summed E-state index contributed by atoms with van der Waals surface area (Å²) in [6, 6.07) is 8.04. The lowest BCUT2D eigenvalue weighted by atomic mass is 10.2. The molecule has 0 aliphatic heterocycles. The molecule has 1 aromatic carbocycles. The summed E-state index contributed by atoms with van der Waals surface area (Å²) in [5.74, 6) is 0. The highest BCUT2D eigenvalue weighted by molar-refractivity contribution is 5.95. The molecule has 4 N–H and O–H groups in total. The first kappa shape index (κ1) is 11.3. The smallest absolute Gasteiger partial charge is 0.0715 e. The van der Waals surface area contributed by atoms with Crippen LogP contribution in [-0.2, 0) is 0 Å². The fraction of sp³-hybridized carbons (Fsp3) is 0.250. The lowest BCUT2D eigenvalue weighted by Gasteiger charge is -2.10. The van der Waals surface area contributed by atoms with Gasteiger partial charge in [0.15, 0.2) is 0 Å². The molecule has 80 valence electrons. The van der Waals surface area contributed by atoms with Crippen molar-refractivity contribution in [3.8, 4) is 0 Å². The Balaban J connectivity index is 2.83. The van der Waals surface area contributed by atoms with Gasteiger partial charge in [0.2, 0.25) is 0 Å². The minimum Gasteiger partial charge on any atom is -0.396 e. The fourth-order valence-electron chi connectivity index (χ4n) is 1.20. The third-order valence-corrected chi connectivity index (χ3v) is 2.19. The van der Waals surface area contributed by atoms with Crippen molar-refractivity contribution in [2.75, 3.05) is 5.32 Å². The minimum absolute atomic E-state index is 0.382. The quantitative estimate of drug-likeness (QED) is 0.661. The lowest BCUT2D eigenvalue weighted by molar-refractivity contribution is 1.25. The van der Waals surface area contributed by atoms with Crippen LogP contribution in [0.1, 0.15) is 19.4 Å². The maximum absolute atomic E-state index is 7.41. The summed E-state index contributed by atoms with van der Waals surface area (Å²) < 4.78 is 0. The molecule has 0 heterocycles. The molecule has 3 heteroatoms. The Morgan fingerprint density at radius 2 is 1.73 bits per heavy atom. The highest BCUT2D eigenvalue weighted by atomic mass is 14.9. The van der Waals surface area contributed by atoms with Gasteiger partial charge in [-0.25, -0.2) is 0 Å². The van der Waals surface area contributed by atoms with Gasteiger partial charge in [-0.3, -0.25) is 0 Å². The molecule has 1 rings (SSSR count). The van der Waals surface area contributed by atoms with E-state index in [-0.39, 0.29) is 0 Å². The Labute approximate surface area is 90.5 Å². The van der Waals surface area contributed by atoms with E-state index in [1.807, 2.05) is 38.1 Å². The van der Waals surface area contributed by atoms with E-state index < -0.39 is 0 Å². The molecule has 0 spiro atoms. The van der Waals surface area contributed by atoms with Crippen molar-refractivity contribution >= 4 is 11.4 Å². The van der Waals surface area contributed by atoms with E-state index in [4.69, 9.17) is 11.1 Å². The molecule has 0 aliphatic carbocycles. The van der Waals surface area contributed by atoms with Gasteiger partial charge in [-0.15, -0.1) is 0 Å². The Morgan fingerprint density at radius 3 is 2.20 bits per heavy atom. The zero-order valence-electron chi connectivity index (χ0n) is 9.39. The highest BCUT2D eigenvalue weighted by Gasteiger charge is 2.00. The van der Waals surface area contributed by atoms with Gasteiger partial charge in [0.05, 0.1) is 11.4 Å². The molecule has 0 fully saturated rings. The predicted molar refractivity (Wildman–Crippen MR) is 65.1 cm³/mol. The molecule has 0 amide bonds. The topological polar surface area (TPSA) is 61.9 Å². The second kappa shape index (κ2) is 4.64. The number of nitrogens with one attached hydrogen (secondary N) is 2. The number of anilines is 1. The first-order chi connectivity index (χ1) is 7.00. The third kappa shape index (κ3) is 3.13. The summed E-state index contributed by atoms with van der Waals surface area (Å²) in [4.78, 5) is 0. The van der Waals surface area contributed by atoms with Crippen LogP contribution < -0.4 is 11.1 Å². The summed E-state index contributed by atoms with van der Waals surface area (Å²) >= 11 is 0. The van der Waals surface area contributed by atoms with Crippen LogP contribution >= 0.6 is 0 Å². The van der Waals surface area contributed by atoms with Crippen LogP contribution in [0.3, 0.4) is 0 Å². The zero-order valence-corrected chi connectivity index (χ0v) is 9.39. The van der Waals surface area contributed by atoms with Crippen LogP contribution in [0.15, 0.2) is 35.7 Å². The van der Waals surface area contributed by atoms with Crippen molar-refractivity contribution in [1.82, 2.24) is 0 Å². The van der Waals surface area contributed by atoms with E-state index in [0.29, 0.717) is 11.4 Å². The summed E-state index contributed by atoms with van der Waals surface area (Å²) in [6.07, 6.45) is 0. The molecule has 0 aliphatic rings. The van der Waals surface area contributed by atoms with Gasteiger partial charge in [0.1, 0.15) is 0 Å². The van der Waals surface area contributed by atoms with E-state index >= 15 is 0 Å². The maximum Gasteiger partial charge on any atom is 0.0715 e. The van der Waals surface area contributed by atoms with Crippen LogP contribution in [0.4, 0.5) is 5.69 Å². The molecular weight excluding hydrogens is 186 g/mol. The Kier molecular flexibility index (Phi) is 3.50. The van der Waals surface area contributed by atoms with Gasteiger partial charge in [0, 0.05) is 11.4 Å². The average Bonchev–Trinajstić information content (AvgIpc) is 2.20. The minimum atomic E-state index is 0.382. The largest absolute Gasteiger partial charge is 0.396 e. The van der Waals surface area contributed by atoms with Gasteiger partial charge in [-0.05, 0) is 32.9 Å². The number of aryl methyl sites for hydroxylation is 1. The Hall–Kier alpha value is -1.77. The van der Waals surface area contributed by atoms with Crippen LogP contribution in [0.5, 0.6) is 0 Å². The summed E-state index contributed by atoms with van der Waals surface area (Å²) in [6.45, 7) is 5.59. The molecule has 15 heavy (non-hydrogen) atoms. The van der Waals surface area contributed by atoms with Crippen molar-refractivity contribution < 1.29 is 0 Å². The van der Waals surface area contributed by atoms with E-state index in [9.17, 15) is 0 Å². The first-order valence-electron chi connectivity index (χ1n) is 4.86. The maximum atomic E-state index is 7.41. The number of hydrogen-bond donors (Lipinski definition) is 3. The molecule has 3 nitrogen and oxygen atoms in total. The molecule has 0 atom stereocenters. The molecular formula is C12H17N3. The second-order valence-electron chi connectivity index (χ2n) is 3.65. The van der Waals surface area contributed by atoms with Crippen molar-refractivity contribution in [3.63, 3.8) is 0 Å². The number of rotatable bonds is 3. The Bertz CT molecular complexity index is 388. The molecule has 0 unspecified atom stereocenters. The Morgan fingerprint density at radius 1 is 1.20 bits per heavy atom. The zero-order chi connectivity index (χ0) is 11.4. The molecule has 0 saturated carbocycles. The van der Waals surface area contributed by atoms with E-state index in [0.717, 1.165) is 11.4 Å². The van der Waals surface area contributed by atoms with Gasteiger partial charge in [-0.1, -0.05) is 17.7 Å². The molecule has 0 bridgehead atoms. The van der Waals surface area contributed by atoms with Crippen molar-refractivity contribution in [1.29, 1.82) is 5.41 Å². The SMILES string of the molecule is CC(=N)/C(N)=C(/C)Nc1ccc(C)cc1. The average molecular weight is 203 g/mol. The van der Waals surface area contributed by atoms with Crippen LogP contribution in [-0.4, -0.2) is 5.71 Å². The number of nitrogens with two attached hydrogens (primary N) is 1. The molecule has 0 radical (unpaired) electrons. The standard InChI is InChI=1S/C12H17N3/c1-8-4-6-11(7-5-8)15-10(3)12(14)9(2)13/h4-7,13,15H,14H2,1-3H3/b12-10+,13-9?. The van der Waals surface area contributed by atoms with Crippen LogP contribution in [0, 0.1) is 12.3 Å². The predicted octanol–water partition coefficient (Wildman–Crippen LogP) is 2.64. The van der Waals surface area contributed by atoms with Crippen LogP contribution in [0.25, 0.3) is 0 Å². The van der Waals surface area contributed by atoms with Gasteiger partial charge >= 0.3 is 0 Å². The number of allylic oxidation sites excluding steroid dienone is 2. The number of benzene rings is 1. The monoisotopic (exact) mass is 203 g/mol. The third-order valence-electron chi connectivity index (χ3n) is 2.19. The first-order valence-corrected chi connectivity index (χ1v) is 4.86. The van der Waals surface area contributed by atoms with Crippen molar-refractivity contribution in [2.24, 2.45) is 5.73 Å². The van der Waals surface area contributed by atoms with E-state index in [2.05, 4.69) is 5.32 Å². The van der Waals surface area contributed by atoms with Gasteiger partial charge in [-0.2, -0.15) is 0 Å². The summed E-state index contributed by atoms with van der Waals surface area (Å²) in [7, 11) is 0. The van der Waals surface area contributed by atoms with Gasteiger partial charge in [0.25, 0.3) is 0 Å². The van der Waals surface area contributed by atoms with Crippen molar-refractivity contribution in [2.45, 2.75) is 20.8 Å². The van der Waals surface area contributed by atoms with Gasteiger partial charge < -0.3 is 16.5 Å². The normalized spacial score (nSPS) is 11.9. The van der Waals surface area contributed by atoms with E-state index in [1.54, 1.807) is 6.92 Å². The van der Waals surface area contributed by atoms with E-state index in [1.165, 1.54) is 5.56 Å². The second-order valence-corrected chi connectivity index (χ2v) is 3.65. The van der Waals surface area contributed by atoms with Crippen LogP contribution in [0.2, 0.25) is 0 Å². The lowest BCUT2D eigenvalue weighted by Crippen LogP contribution is -2.13. The summed E-state index contributed by atoms with van der Waals surface area (Å²) in [5.41, 5.74) is 9.63. The summed E-state index contributed by atoms with van der Waals surface area (Å²) in [5, 5.41) is 10.6.